The summed E-state index contributed by atoms with van der Waals surface area (Å²) in [6, 6.07) is 11.3. The van der Waals surface area contributed by atoms with Crippen molar-refractivity contribution in [1.29, 1.82) is 0 Å². The highest BCUT2D eigenvalue weighted by Gasteiger charge is 2.28. The zero-order valence-electron chi connectivity index (χ0n) is 14.9. The molecule has 0 atom stereocenters. The summed E-state index contributed by atoms with van der Waals surface area (Å²) in [7, 11) is 0. The summed E-state index contributed by atoms with van der Waals surface area (Å²) < 4.78 is 13.3. The maximum Gasteiger partial charge on any atom is 0.132 e. The van der Waals surface area contributed by atoms with Crippen LogP contribution >= 0.6 is 11.3 Å². The standard InChI is InChI=1S/C21H24N2O2S/c1-2-4-19-17(3-1)20-18(9-10-22-21(20)26-19)25-16-7-5-15(6-8-16)23-11-13-24-14-12-23/h1-4,9-10,15-16H,5-8,11-14H2. The van der Waals surface area contributed by atoms with E-state index < -0.39 is 0 Å². The molecule has 5 heteroatoms. The molecule has 2 aliphatic rings. The van der Waals surface area contributed by atoms with Crippen molar-refractivity contribution in [2.45, 2.75) is 37.8 Å². The van der Waals surface area contributed by atoms with Crippen LogP contribution in [-0.2, 0) is 4.74 Å². The number of ether oxygens (including phenoxy) is 2. The van der Waals surface area contributed by atoms with E-state index in [2.05, 4.69) is 34.1 Å². The zero-order chi connectivity index (χ0) is 17.3. The van der Waals surface area contributed by atoms with Crippen LogP contribution in [0.1, 0.15) is 25.7 Å². The van der Waals surface area contributed by atoms with Crippen molar-refractivity contribution in [3.8, 4) is 5.75 Å². The fraction of sp³-hybridized carbons (Fsp3) is 0.476. The van der Waals surface area contributed by atoms with Gasteiger partial charge >= 0.3 is 0 Å². The third kappa shape index (κ3) is 3.08. The van der Waals surface area contributed by atoms with E-state index >= 15 is 0 Å². The van der Waals surface area contributed by atoms with E-state index in [-0.39, 0.29) is 0 Å². The van der Waals surface area contributed by atoms with Gasteiger partial charge in [0.25, 0.3) is 0 Å². The lowest BCUT2D eigenvalue weighted by Gasteiger charge is -2.38. The zero-order valence-corrected chi connectivity index (χ0v) is 15.7. The number of aromatic nitrogens is 1. The van der Waals surface area contributed by atoms with Crippen molar-refractivity contribution < 1.29 is 9.47 Å². The van der Waals surface area contributed by atoms with Gasteiger partial charge in [0.15, 0.2) is 0 Å². The lowest BCUT2D eigenvalue weighted by molar-refractivity contribution is -0.000910. The van der Waals surface area contributed by atoms with Crippen molar-refractivity contribution in [3.63, 3.8) is 0 Å². The molecule has 0 bridgehead atoms. The van der Waals surface area contributed by atoms with Gasteiger partial charge in [0, 0.05) is 35.4 Å². The maximum atomic E-state index is 6.49. The number of rotatable bonds is 3. The molecule has 136 valence electrons. The molecule has 2 aromatic heterocycles. The third-order valence-electron chi connectivity index (χ3n) is 5.74. The van der Waals surface area contributed by atoms with Crippen LogP contribution in [0.4, 0.5) is 0 Å². The Balaban J connectivity index is 1.33. The topological polar surface area (TPSA) is 34.6 Å². The lowest BCUT2D eigenvalue weighted by Crippen LogP contribution is -2.46. The predicted octanol–water partition coefficient (Wildman–Crippen LogP) is 4.47. The van der Waals surface area contributed by atoms with Crippen molar-refractivity contribution in [2.75, 3.05) is 26.3 Å². The Labute approximate surface area is 157 Å². The highest BCUT2D eigenvalue weighted by Crippen LogP contribution is 2.39. The highest BCUT2D eigenvalue weighted by molar-refractivity contribution is 7.25. The van der Waals surface area contributed by atoms with Gasteiger partial charge in [-0.2, -0.15) is 0 Å². The van der Waals surface area contributed by atoms with Gasteiger partial charge in [0.05, 0.1) is 24.7 Å². The first-order valence-corrected chi connectivity index (χ1v) is 10.4. The number of hydrogen-bond acceptors (Lipinski definition) is 5. The molecule has 0 unspecified atom stereocenters. The lowest BCUT2D eigenvalue weighted by atomic mass is 9.91. The molecular formula is C21H24N2O2S. The van der Waals surface area contributed by atoms with Gasteiger partial charge in [0.1, 0.15) is 10.6 Å². The van der Waals surface area contributed by atoms with E-state index in [1.54, 1.807) is 11.3 Å². The monoisotopic (exact) mass is 368 g/mol. The second-order valence-electron chi connectivity index (χ2n) is 7.28. The van der Waals surface area contributed by atoms with E-state index in [0.29, 0.717) is 12.1 Å². The van der Waals surface area contributed by atoms with Gasteiger partial charge in [-0.15, -0.1) is 11.3 Å². The summed E-state index contributed by atoms with van der Waals surface area (Å²) in [5, 5.41) is 2.45. The Morgan fingerprint density at radius 3 is 2.69 bits per heavy atom. The van der Waals surface area contributed by atoms with E-state index in [1.807, 2.05) is 12.3 Å². The molecule has 1 aliphatic heterocycles. The fourth-order valence-electron chi connectivity index (χ4n) is 4.37. The van der Waals surface area contributed by atoms with Crippen molar-refractivity contribution in [1.82, 2.24) is 9.88 Å². The van der Waals surface area contributed by atoms with Gasteiger partial charge < -0.3 is 9.47 Å². The first kappa shape index (κ1) is 16.5. The normalized spacial score (nSPS) is 24.9. The molecule has 0 spiro atoms. The molecular weight excluding hydrogens is 344 g/mol. The average molecular weight is 369 g/mol. The smallest absolute Gasteiger partial charge is 0.132 e. The van der Waals surface area contributed by atoms with Gasteiger partial charge in [-0.3, -0.25) is 4.90 Å². The highest BCUT2D eigenvalue weighted by atomic mass is 32.1. The Bertz CT molecular complexity index is 895. The van der Waals surface area contributed by atoms with Crippen LogP contribution in [0.3, 0.4) is 0 Å². The predicted molar refractivity (Wildman–Crippen MR) is 106 cm³/mol. The van der Waals surface area contributed by atoms with Gasteiger partial charge in [-0.25, -0.2) is 4.98 Å². The van der Waals surface area contributed by atoms with E-state index in [9.17, 15) is 0 Å². The number of pyridine rings is 1. The number of nitrogens with zero attached hydrogens (tertiary/aromatic N) is 2. The minimum atomic E-state index is 0.316. The van der Waals surface area contributed by atoms with Crippen LogP contribution in [0, 0.1) is 0 Å². The Morgan fingerprint density at radius 2 is 1.85 bits per heavy atom. The van der Waals surface area contributed by atoms with Crippen LogP contribution < -0.4 is 4.74 Å². The summed E-state index contributed by atoms with van der Waals surface area (Å²) in [6.45, 7) is 3.94. The molecule has 26 heavy (non-hydrogen) atoms. The van der Waals surface area contributed by atoms with Crippen molar-refractivity contribution >= 4 is 31.6 Å². The average Bonchev–Trinajstić information content (AvgIpc) is 3.09. The van der Waals surface area contributed by atoms with Crippen molar-refractivity contribution in [2.24, 2.45) is 0 Å². The van der Waals surface area contributed by atoms with E-state index in [4.69, 9.17) is 9.47 Å². The summed E-state index contributed by atoms with van der Waals surface area (Å²) in [4.78, 5) is 8.25. The molecule has 0 N–H and O–H groups in total. The largest absolute Gasteiger partial charge is 0.490 e. The van der Waals surface area contributed by atoms with Crippen molar-refractivity contribution in [3.05, 3.63) is 36.5 Å². The van der Waals surface area contributed by atoms with Crippen LogP contribution in [0.15, 0.2) is 36.5 Å². The van der Waals surface area contributed by atoms with Gasteiger partial charge in [-0.1, -0.05) is 18.2 Å². The Hall–Kier alpha value is -1.69. The van der Waals surface area contributed by atoms with E-state index in [1.165, 1.54) is 28.3 Å². The third-order valence-corrected chi connectivity index (χ3v) is 6.82. The molecule has 1 saturated heterocycles. The Morgan fingerprint density at radius 1 is 1.04 bits per heavy atom. The van der Waals surface area contributed by atoms with Gasteiger partial charge in [-0.05, 0) is 37.8 Å². The van der Waals surface area contributed by atoms with Crippen LogP contribution in [0.25, 0.3) is 20.3 Å². The molecule has 0 amide bonds. The fourth-order valence-corrected chi connectivity index (χ4v) is 5.43. The van der Waals surface area contributed by atoms with Crippen LogP contribution in [0.5, 0.6) is 5.75 Å². The second kappa shape index (κ2) is 7.14. The molecule has 0 radical (unpaired) electrons. The number of thiophene rings is 1. The minimum Gasteiger partial charge on any atom is -0.490 e. The molecule has 2 fully saturated rings. The first-order valence-electron chi connectivity index (χ1n) is 9.63. The number of fused-ring (bicyclic) bond motifs is 3. The Kier molecular flexibility index (Phi) is 4.53. The number of benzene rings is 1. The van der Waals surface area contributed by atoms with Crippen LogP contribution in [0.2, 0.25) is 0 Å². The minimum absolute atomic E-state index is 0.316. The maximum absolute atomic E-state index is 6.49. The second-order valence-corrected chi connectivity index (χ2v) is 8.31. The molecule has 1 aliphatic carbocycles. The molecule has 3 heterocycles. The number of hydrogen-bond donors (Lipinski definition) is 0. The first-order chi connectivity index (χ1) is 12.9. The molecule has 3 aromatic rings. The number of morpholine rings is 1. The SMILES string of the molecule is c1ccc2c(c1)sc1nccc(OC3CCC(N4CCOCC4)CC3)c12. The summed E-state index contributed by atoms with van der Waals surface area (Å²) in [6.07, 6.45) is 6.91. The summed E-state index contributed by atoms with van der Waals surface area (Å²) in [5.74, 6) is 1.00. The summed E-state index contributed by atoms with van der Waals surface area (Å²) in [5.41, 5.74) is 0. The molecule has 1 saturated carbocycles. The molecule has 4 nitrogen and oxygen atoms in total. The molecule has 5 rings (SSSR count). The summed E-state index contributed by atoms with van der Waals surface area (Å²) >= 11 is 1.75. The van der Waals surface area contributed by atoms with Gasteiger partial charge in [0.2, 0.25) is 0 Å². The quantitative estimate of drug-likeness (QED) is 0.683. The molecule has 1 aromatic carbocycles. The van der Waals surface area contributed by atoms with E-state index in [0.717, 1.165) is 49.7 Å². The van der Waals surface area contributed by atoms with Crippen LogP contribution in [-0.4, -0.2) is 48.3 Å².